The van der Waals surface area contributed by atoms with Gasteiger partial charge in [-0.05, 0) is 35.7 Å². The summed E-state index contributed by atoms with van der Waals surface area (Å²) < 4.78 is 18.7. The molecule has 2 aromatic rings. The fraction of sp³-hybridized carbons (Fsp3) is 0.294. The minimum Gasteiger partial charge on any atom is -0.478 e. The highest BCUT2D eigenvalue weighted by atomic mass is 32.1. The van der Waals surface area contributed by atoms with Crippen molar-refractivity contribution in [3.63, 3.8) is 0 Å². The normalized spacial score (nSPS) is 16.6. The first kappa shape index (κ1) is 16.4. The minimum absolute atomic E-state index is 0.1000. The number of piperidine rings is 1. The van der Waals surface area contributed by atoms with Gasteiger partial charge in [0.05, 0.1) is 5.56 Å². The summed E-state index contributed by atoms with van der Waals surface area (Å²) in [6, 6.07) is 7.01. The number of aliphatic carboxylic acids is 1. The number of carboxylic acid groups (broad SMARTS) is 1. The summed E-state index contributed by atoms with van der Waals surface area (Å²) in [6.07, 6.45) is 0.352. The Bertz CT molecular complexity index is 722. The van der Waals surface area contributed by atoms with Gasteiger partial charge in [-0.3, -0.25) is 4.79 Å². The summed E-state index contributed by atoms with van der Waals surface area (Å²) in [5, 5.41) is 13.2. The van der Waals surface area contributed by atoms with Gasteiger partial charge in [-0.25, -0.2) is 9.18 Å². The highest BCUT2D eigenvalue weighted by Gasteiger charge is 2.45. The second kappa shape index (κ2) is 6.60. The van der Waals surface area contributed by atoms with Crippen molar-refractivity contribution in [1.82, 2.24) is 4.90 Å². The molecule has 0 saturated carbocycles. The van der Waals surface area contributed by atoms with Crippen LogP contribution in [-0.2, 0) is 4.79 Å². The van der Waals surface area contributed by atoms with E-state index in [0.29, 0.717) is 24.4 Å². The minimum atomic E-state index is -1.40. The highest BCUT2D eigenvalue weighted by Crippen LogP contribution is 2.30. The Labute approximate surface area is 142 Å². The lowest BCUT2D eigenvalue weighted by Crippen LogP contribution is -2.54. The number of nitrogens with zero attached hydrogens (tertiary/aromatic N) is 1. The van der Waals surface area contributed by atoms with Gasteiger partial charge in [0.15, 0.2) is 0 Å². The van der Waals surface area contributed by atoms with Gasteiger partial charge in [0, 0.05) is 31.3 Å². The number of hydrogen-bond donors (Lipinski definition) is 1. The number of amides is 1. The predicted octanol–water partition coefficient (Wildman–Crippen LogP) is 3.03. The summed E-state index contributed by atoms with van der Waals surface area (Å²) in [7, 11) is 0. The average Bonchev–Trinajstić information content (AvgIpc) is 3.11. The molecule has 1 aromatic heterocycles. The van der Waals surface area contributed by atoms with Crippen LogP contribution in [0.4, 0.5) is 4.39 Å². The van der Waals surface area contributed by atoms with Gasteiger partial charge in [-0.15, -0.1) is 0 Å². The molecule has 7 heteroatoms. The Morgan fingerprint density at radius 1 is 1.17 bits per heavy atom. The van der Waals surface area contributed by atoms with Crippen LogP contribution in [0.1, 0.15) is 23.2 Å². The molecule has 1 aliphatic heterocycles. The maximum Gasteiger partial charge on any atom is 0.348 e. The molecule has 3 rings (SSSR count). The van der Waals surface area contributed by atoms with Gasteiger partial charge in [0.25, 0.3) is 5.91 Å². The molecule has 126 valence electrons. The second-order valence-corrected chi connectivity index (χ2v) is 6.44. The molecule has 1 N–H and O–H groups in total. The van der Waals surface area contributed by atoms with Gasteiger partial charge in [-0.2, -0.15) is 11.3 Å². The lowest BCUT2D eigenvalue weighted by atomic mass is 9.90. The Morgan fingerprint density at radius 2 is 1.83 bits per heavy atom. The first-order chi connectivity index (χ1) is 11.5. The highest BCUT2D eigenvalue weighted by molar-refractivity contribution is 7.08. The van der Waals surface area contributed by atoms with Crippen molar-refractivity contribution >= 4 is 23.2 Å². The number of carboxylic acids is 1. The molecule has 2 heterocycles. The Hall–Kier alpha value is -2.41. The van der Waals surface area contributed by atoms with Crippen LogP contribution in [0.15, 0.2) is 41.1 Å². The van der Waals surface area contributed by atoms with Crippen LogP contribution in [0.2, 0.25) is 0 Å². The number of halogens is 1. The van der Waals surface area contributed by atoms with Crippen molar-refractivity contribution in [1.29, 1.82) is 0 Å². The number of benzene rings is 1. The number of ether oxygens (including phenoxy) is 1. The molecule has 1 saturated heterocycles. The van der Waals surface area contributed by atoms with Crippen molar-refractivity contribution in [3.05, 3.63) is 52.5 Å². The quantitative estimate of drug-likeness (QED) is 0.921. The topological polar surface area (TPSA) is 66.8 Å². The van der Waals surface area contributed by atoms with Crippen LogP contribution in [0.3, 0.4) is 0 Å². The van der Waals surface area contributed by atoms with E-state index in [0.717, 1.165) is 0 Å². The maximum absolute atomic E-state index is 13.0. The zero-order valence-electron chi connectivity index (χ0n) is 12.8. The second-order valence-electron chi connectivity index (χ2n) is 5.66. The lowest BCUT2D eigenvalue weighted by Gasteiger charge is -2.38. The third-order valence-corrected chi connectivity index (χ3v) is 4.83. The third kappa shape index (κ3) is 3.26. The molecule has 1 aromatic carbocycles. The van der Waals surface area contributed by atoms with Crippen molar-refractivity contribution in [2.24, 2.45) is 0 Å². The van der Waals surface area contributed by atoms with E-state index in [-0.39, 0.29) is 18.7 Å². The van der Waals surface area contributed by atoms with Gasteiger partial charge in [-0.1, -0.05) is 0 Å². The van der Waals surface area contributed by atoms with Crippen LogP contribution in [-0.4, -0.2) is 40.6 Å². The molecule has 0 spiro atoms. The van der Waals surface area contributed by atoms with Gasteiger partial charge in [0.2, 0.25) is 5.60 Å². The van der Waals surface area contributed by atoms with E-state index in [1.807, 2.05) is 5.38 Å². The van der Waals surface area contributed by atoms with Crippen molar-refractivity contribution in [3.8, 4) is 5.75 Å². The smallest absolute Gasteiger partial charge is 0.348 e. The Kier molecular flexibility index (Phi) is 4.53. The number of likely N-dealkylation sites (tertiary alicyclic amines) is 1. The number of rotatable bonds is 4. The summed E-state index contributed by atoms with van der Waals surface area (Å²) in [5.41, 5.74) is -0.786. The number of carbonyl (C=O) groups is 2. The maximum atomic E-state index is 13.0. The van der Waals surface area contributed by atoms with Crippen LogP contribution >= 0.6 is 11.3 Å². The van der Waals surface area contributed by atoms with Crippen molar-refractivity contribution < 1.29 is 23.8 Å². The molecule has 0 bridgehead atoms. The molecular formula is C17H16FNO4S. The van der Waals surface area contributed by atoms with E-state index in [1.165, 1.54) is 35.6 Å². The van der Waals surface area contributed by atoms with Gasteiger partial charge >= 0.3 is 5.97 Å². The summed E-state index contributed by atoms with van der Waals surface area (Å²) >= 11 is 1.44. The average molecular weight is 349 g/mol. The SMILES string of the molecule is O=C(c1ccsc1)N1CCC(Oc2ccc(F)cc2)(C(=O)O)CC1. The zero-order valence-corrected chi connectivity index (χ0v) is 13.6. The summed E-state index contributed by atoms with van der Waals surface area (Å²) in [5.74, 6) is -1.29. The van der Waals surface area contributed by atoms with Crippen molar-refractivity contribution in [2.75, 3.05) is 13.1 Å². The predicted molar refractivity (Wildman–Crippen MR) is 86.9 cm³/mol. The van der Waals surface area contributed by atoms with E-state index >= 15 is 0 Å². The molecule has 0 unspecified atom stereocenters. The fourth-order valence-corrected chi connectivity index (χ4v) is 3.36. The molecule has 0 radical (unpaired) electrons. The van der Waals surface area contributed by atoms with E-state index in [4.69, 9.17) is 4.74 Å². The zero-order chi connectivity index (χ0) is 17.2. The summed E-state index contributed by atoms with van der Waals surface area (Å²) in [4.78, 5) is 25.7. The molecule has 0 atom stereocenters. The molecule has 1 amide bonds. The summed E-state index contributed by atoms with van der Waals surface area (Å²) in [6.45, 7) is 0.588. The van der Waals surface area contributed by atoms with Crippen molar-refractivity contribution in [2.45, 2.75) is 18.4 Å². The van der Waals surface area contributed by atoms with Crippen LogP contribution in [0, 0.1) is 5.82 Å². The first-order valence-corrected chi connectivity index (χ1v) is 8.44. The Morgan fingerprint density at radius 3 is 2.38 bits per heavy atom. The van der Waals surface area contributed by atoms with E-state index in [1.54, 1.807) is 16.3 Å². The number of carbonyl (C=O) groups excluding carboxylic acids is 1. The molecular weight excluding hydrogens is 333 g/mol. The fourth-order valence-electron chi connectivity index (χ4n) is 2.73. The van der Waals surface area contributed by atoms with Crippen LogP contribution in [0.5, 0.6) is 5.75 Å². The molecule has 24 heavy (non-hydrogen) atoms. The van der Waals surface area contributed by atoms with Gasteiger partial charge < -0.3 is 14.7 Å². The Balaban J connectivity index is 1.71. The van der Waals surface area contributed by atoms with E-state index in [9.17, 15) is 19.1 Å². The monoisotopic (exact) mass is 349 g/mol. The van der Waals surface area contributed by atoms with Crippen LogP contribution < -0.4 is 4.74 Å². The molecule has 1 fully saturated rings. The van der Waals surface area contributed by atoms with E-state index < -0.39 is 17.4 Å². The first-order valence-electron chi connectivity index (χ1n) is 7.50. The number of hydrogen-bond acceptors (Lipinski definition) is 4. The number of thiophene rings is 1. The largest absolute Gasteiger partial charge is 0.478 e. The molecule has 0 aliphatic carbocycles. The standard InChI is InChI=1S/C17H16FNO4S/c18-13-1-3-14(4-2-13)23-17(16(21)22)6-8-19(9-7-17)15(20)12-5-10-24-11-12/h1-5,10-11H,6-9H2,(H,21,22). The molecule has 5 nitrogen and oxygen atoms in total. The lowest BCUT2D eigenvalue weighted by molar-refractivity contribution is -0.159. The van der Waals surface area contributed by atoms with E-state index in [2.05, 4.69) is 0 Å². The third-order valence-electron chi connectivity index (χ3n) is 4.14. The van der Waals surface area contributed by atoms with Crippen LogP contribution in [0.25, 0.3) is 0 Å². The van der Waals surface area contributed by atoms with Gasteiger partial charge in [0.1, 0.15) is 11.6 Å². The molecule has 1 aliphatic rings.